The van der Waals surface area contributed by atoms with Crippen LogP contribution in [0.5, 0.6) is 5.75 Å². The molecule has 0 heterocycles. The molecule has 0 saturated heterocycles. The van der Waals surface area contributed by atoms with Gasteiger partial charge in [0, 0.05) is 13.7 Å². The van der Waals surface area contributed by atoms with Gasteiger partial charge in [0.15, 0.2) is 6.61 Å². The Hall–Kier alpha value is -1.59. The molecule has 0 aromatic heterocycles. The number of methoxy groups -OCH3 is 1. The van der Waals surface area contributed by atoms with E-state index in [0.29, 0.717) is 18.9 Å². The fourth-order valence-corrected chi connectivity index (χ4v) is 2.33. The van der Waals surface area contributed by atoms with E-state index in [1.807, 2.05) is 18.2 Å². The van der Waals surface area contributed by atoms with Crippen LogP contribution in [0.15, 0.2) is 18.2 Å². The summed E-state index contributed by atoms with van der Waals surface area (Å²) >= 11 is 0. The molecule has 1 atom stereocenters. The van der Waals surface area contributed by atoms with E-state index in [4.69, 9.17) is 9.47 Å². The van der Waals surface area contributed by atoms with Gasteiger partial charge in [0.1, 0.15) is 5.75 Å². The van der Waals surface area contributed by atoms with Crippen molar-refractivity contribution in [2.24, 2.45) is 0 Å². The Kier molecular flexibility index (Phi) is 5.38. The summed E-state index contributed by atoms with van der Waals surface area (Å²) in [5, 5.41) is 12.6. The van der Waals surface area contributed by atoms with Gasteiger partial charge in [-0.15, -0.1) is 0 Å². The maximum atomic E-state index is 11.5. The molecule has 0 radical (unpaired) electrons. The van der Waals surface area contributed by atoms with E-state index in [0.717, 1.165) is 24.8 Å². The van der Waals surface area contributed by atoms with E-state index < -0.39 is 6.10 Å². The van der Waals surface area contributed by atoms with Gasteiger partial charge >= 0.3 is 0 Å². The van der Waals surface area contributed by atoms with Gasteiger partial charge in [-0.2, -0.15) is 0 Å². The average molecular weight is 279 g/mol. The number of nitrogens with one attached hydrogen (secondary N) is 1. The summed E-state index contributed by atoms with van der Waals surface area (Å²) in [6.07, 6.45) is 2.37. The van der Waals surface area contributed by atoms with Gasteiger partial charge in [-0.3, -0.25) is 4.79 Å². The lowest BCUT2D eigenvalue weighted by molar-refractivity contribution is -0.123. The van der Waals surface area contributed by atoms with Crippen LogP contribution in [-0.4, -0.2) is 37.9 Å². The van der Waals surface area contributed by atoms with Gasteiger partial charge in [0.05, 0.1) is 12.7 Å². The molecule has 5 heteroatoms. The summed E-state index contributed by atoms with van der Waals surface area (Å²) in [6.45, 7) is 0.928. The second-order valence-electron chi connectivity index (χ2n) is 4.90. The van der Waals surface area contributed by atoms with Crippen LogP contribution in [0.4, 0.5) is 0 Å². The molecule has 5 nitrogen and oxygen atoms in total. The van der Waals surface area contributed by atoms with Gasteiger partial charge in [0.25, 0.3) is 5.91 Å². The molecule has 0 fully saturated rings. The first-order chi connectivity index (χ1) is 9.70. The molecule has 0 unspecified atom stereocenters. The van der Waals surface area contributed by atoms with E-state index in [-0.39, 0.29) is 12.5 Å². The number of carbonyl (C=O) groups is 1. The number of benzene rings is 1. The van der Waals surface area contributed by atoms with E-state index >= 15 is 0 Å². The summed E-state index contributed by atoms with van der Waals surface area (Å²) in [4.78, 5) is 11.5. The maximum Gasteiger partial charge on any atom is 0.258 e. The standard InChI is InChI=1S/C15H21NO4/c1-19-8-7-16-15(18)10-20-12-6-5-11-3-2-4-14(17)13(11)9-12/h5-6,9,14,17H,2-4,7-8,10H2,1H3,(H,16,18)/t14-/m0/s1. The third kappa shape index (κ3) is 3.95. The van der Waals surface area contributed by atoms with Crippen LogP contribution in [-0.2, 0) is 16.0 Å². The van der Waals surface area contributed by atoms with Crippen molar-refractivity contribution in [2.45, 2.75) is 25.4 Å². The number of ether oxygens (including phenoxy) is 2. The molecular formula is C15H21NO4. The van der Waals surface area contributed by atoms with Crippen molar-refractivity contribution in [3.63, 3.8) is 0 Å². The Balaban J connectivity index is 1.87. The summed E-state index contributed by atoms with van der Waals surface area (Å²) in [5.74, 6) is 0.437. The van der Waals surface area contributed by atoms with Crippen LogP contribution in [0.1, 0.15) is 30.1 Å². The van der Waals surface area contributed by atoms with E-state index in [1.165, 1.54) is 5.56 Å². The molecule has 0 aliphatic heterocycles. The smallest absolute Gasteiger partial charge is 0.258 e. The zero-order chi connectivity index (χ0) is 14.4. The van der Waals surface area contributed by atoms with Crippen molar-refractivity contribution in [2.75, 3.05) is 26.9 Å². The molecule has 1 aliphatic rings. The third-order valence-corrected chi connectivity index (χ3v) is 3.40. The first kappa shape index (κ1) is 14.8. The highest BCUT2D eigenvalue weighted by molar-refractivity contribution is 5.77. The molecule has 0 bridgehead atoms. The predicted molar refractivity (Wildman–Crippen MR) is 74.7 cm³/mol. The highest BCUT2D eigenvalue weighted by atomic mass is 16.5. The molecule has 110 valence electrons. The average Bonchev–Trinajstić information content (AvgIpc) is 2.46. The van der Waals surface area contributed by atoms with Gasteiger partial charge in [-0.05, 0) is 42.5 Å². The van der Waals surface area contributed by atoms with Crippen LogP contribution in [0.2, 0.25) is 0 Å². The fourth-order valence-electron chi connectivity index (χ4n) is 2.33. The van der Waals surface area contributed by atoms with E-state index in [9.17, 15) is 9.90 Å². The first-order valence-electron chi connectivity index (χ1n) is 6.90. The normalized spacial score (nSPS) is 17.4. The SMILES string of the molecule is COCCNC(=O)COc1ccc2c(c1)[C@@H](O)CCC2. The summed E-state index contributed by atoms with van der Waals surface area (Å²) < 4.78 is 10.3. The largest absolute Gasteiger partial charge is 0.484 e. The van der Waals surface area contributed by atoms with Crippen LogP contribution in [0, 0.1) is 0 Å². The van der Waals surface area contributed by atoms with E-state index in [2.05, 4.69) is 5.32 Å². The van der Waals surface area contributed by atoms with Gasteiger partial charge in [0.2, 0.25) is 0 Å². The number of hydrogen-bond acceptors (Lipinski definition) is 4. The van der Waals surface area contributed by atoms with Crippen LogP contribution in [0.25, 0.3) is 0 Å². The van der Waals surface area contributed by atoms with Crippen LogP contribution < -0.4 is 10.1 Å². The lowest BCUT2D eigenvalue weighted by Gasteiger charge is -2.21. The number of rotatable bonds is 6. The third-order valence-electron chi connectivity index (χ3n) is 3.40. The number of fused-ring (bicyclic) bond motifs is 1. The Morgan fingerprint density at radius 2 is 2.35 bits per heavy atom. The minimum Gasteiger partial charge on any atom is -0.484 e. The molecule has 1 aromatic rings. The second-order valence-corrected chi connectivity index (χ2v) is 4.90. The zero-order valence-corrected chi connectivity index (χ0v) is 11.7. The summed E-state index contributed by atoms with van der Waals surface area (Å²) in [5.41, 5.74) is 2.09. The number of hydrogen-bond donors (Lipinski definition) is 2. The van der Waals surface area contributed by atoms with Crippen molar-refractivity contribution in [1.82, 2.24) is 5.32 Å². The minimum atomic E-state index is -0.419. The van der Waals surface area contributed by atoms with Gasteiger partial charge in [-0.1, -0.05) is 6.07 Å². The molecule has 0 saturated carbocycles. The molecule has 1 aliphatic carbocycles. The molecule has 0 spiro atoms. The fraction of sp³-hybridized carbons (Fsp3) is 0.533. The monoisotopic (exact) mass is 279 g/mol. The first-order valence-corrected chi connectivity index (χ1v) is 6.90. The van der Waals surface area contributed by atoms with Gasteiger partial charge in [-0.25, -0.2) is 0 Å². The minimum absolute atomic E-state index is 0.0292. The maximum absolute atomic E-state index is 11.5. The number of carbonyl (C=O) groups excluding carboxylic acids is 1. The van der Waals surface area contributed by atoms with Crippen molar-refractivity contribution in [3.05, 3.63) is 29.3 Å². The lowest BCUT2D eigenvalue weighted by atomic mass is 9.89. The predicted octanol–water partition coefficient (Wildman–Crippen LogP) is 1.20. The van der Waals surface area contributed by atoms with Gasteiger partial charge < -0.3 is 19.9 Å². The molecule has 1 amide bonds. The van der Waals surface area contributed by atoms with Crippen molar-refractivity contribution < 1.29 is 19.4 Å². The Morgan fingerprint density at radius 3 is 3.15 bits per heavy atom. The Labute approximate surface area is 118 Å². The highest BCUT2D eigenvalue weighted by Crippen LogP contribution is 2.32. The summed E-state index contributed by atoms with van der Waals surface area (Å²) in [6, 6.07) is 5.65. The second kappa shape index (κ2) is 7.26. The zero-order valence-electron chi connectivity index (χ0n) is 11.7. The molecule has 20 heavy (non-hydrogen) atoms. The number of aryl methyl sites for hydroxylation is 1. The Bertz CT molecular complexity index is 461. The molecule has 2 N–H and O–H groups in total. The van der Waals surface area contributed by atoms with Crippen LogP contribution >= 0.6 is 0 Å². The van der Waals surface area contributed by atoms with Crippen molar-refractivity contribution in [3.8, 4) is 5.75 Å². The van der Waals surface area contributed by atoms with Crippen molar-refractivity contribution in [1.29, 1.82) is 0 Å². The molecule has 1 aromatic carbocycles. The number of amides is 1. The number of aliphatic hydroxyl groups excluding tert-OH is 1. The Morgan fingerprint density at radius 1 is 1.50 bits per heavy atom. The highest BCUT2D eigenvalue weighted by Gasteiger charge is 2.18. The van der Waals surface area contributed by atoms with Crippen LogP contribution in [0.3, 0.4) is 0 Å². The lowest BCUT2D eigenvalue weighted by Crippen LogP contribution is -2.31. The topological polar surface area (TPSA) is 67.8 Å². The molecule has 2 rings (SSSR count). The quantitative estimate of drug-likeness (QED) is 0.768. The summed E-state index contributed by atoms with van der Waals surface area (Å²) in [7, 11) is 1.58. The van der Waals surface area contributed by atoms with E-state index in [1.54, 1.807) is 7.11 Å². The van der Waals surface area contributed by atoms with Crippen molar-refractivity contribution >= 4 is 5.91 Å². The number of aliphatic hydroxyl groups is 1. The molecular weight excluding hydrogens is 258 g/mol.